The highest BCUT2D eigenvalue weighted by Gasteiger charge is 2.30. The van der Waals surface area contributed by atoms with Crippen molar-refractivity contribution in [2.45, 2.75) is 51.7 Å². The zero-order chi connectivity index (χ0) is 18.2. The molecular weight excluding hydrogens is 318 g/mol. The van der Waals surface area contributed by atoms with Crippen LogP contribution in [0.4, 0.5) is 0 Å². The summed E-state index contributed by atoms with van der Waals surface area (Å²) in [5, 5.41) is 2.88. The van der Waals surface area contributed by atoms with E-state index in [1.807, 2.05) is 36.1 Å². The first kappa shape index (κ1) is 19.2. The number of carbonyl (C=O) groups excluding carboxylic acids is 2. The predicted molar refractivity (Wildman–Crippen MR) is 97.3 cm³/mol. The zero-order valence-electron chi connectivity index (χ0n) is 15.2. The molecule has 2 unspecified atom stereocenters. The van der Waals surface area contributed by atoms with E-state index in [2.05, 4.69) is 5.32 Å². The lowest BCUT2D eigenvalue weighted by molar-refractivity contribution is -0.142. The van der Waals surface area contributed by atoms with Crippen LogP contribution in [0.1, 0.15) is 38.2 Å². The molecule has 2 atom stereocenters. The topological polar surface area (TPSA) is 84.7 Å². The van der Waals surface area contributed by atoms with Crippen molar-refractivity contribution < 1.29 is 14.3 Å². The SMILES string of the molecule is Cc1ccc(OC(C)C(=O)N2CCCCC2CNC(=O)CCN)cc1. The molecule has 0 saturated carbocycles. The molecule has 1 saturated heterocycles. The molecule has 1 heterocycles. The number of carbonyl (C=O) groups is 2. The van der Waals surface area contributed by atoms with Gasteiger partial charge < -0.3 is 20.7 Å². The number of amides is 2. The largest absolute Gasteiger partial charge is 0.481 e. The van der Waals surface area contributed by atoms with E-state index in [1.165, 1.54) is 0 Å². The summed E-state index contributed by atoms with van der Waals surface area (Å²) in [5.41, 5.74) is 6.54. The van der Waals surface area contributed by atoms with Crippen molar-refractivity contribution in [2.24, 2.45) is 5.73 Å². The van der Waals surface area contributed by atoms with Crippen molar-refractivity contribution in [1.29, 1.82) is 0 Å². The first-order chi connectivity index (χ1) is 12.0. The van der Waals surface area contributed by atoms with Crippen LogP contribution >= 0.6 is 0 Å². The van der Waals surface area contributed by atoms with Crippen molar-refractivity contribution in [3.05, 3.63) is 29.8 Å². The van der Waals surface area contributed by atoms with E-state index in [9.17, 15) is 9.59 Å². The molecule has 0 aliphatic carbocycles. The number of rotatable bonds is 7. The Morgan fingerprint density at radius 2 is 2.04 bits per heavy atom. The first-order valence-corrected chi connectivity index (χ1v) is 9.02. The minimum atomic E-state index is -0.553. The Hall–Kier alpha value is -2.08. The van der Waals surface area contributed by atoms with Gasteiger partial charge in [-0.15, -0.1) is 0 Å². The molecule has 3 N–H and O–H groups in total. The van der Waals surface area contributed by atoms with Crippen LogP contribution in [0.3, 0.4) is 0 Å². The van der Waals surface area contributed by atoms with Gasteiger partial charge >= 0.3 is 0 Å². The number of hydrogen-bond donors (Lipinski definition) is 2. The highest BCUT2D eigenvalue weighted by Crippen LogP contribution is 2.20. The van der Waals surface area contributed by atoms with Crippen LogP contribution < -0.4 is 15.8 Å². The zero-order valence-corrected chi connectivity index (χ0v) is 15.2. The summed E-state index contributed by atoms with van der Waals surface area (Å²) in [6, 6.07) is 7.69. The van der Waals surface area contributed by atoms with E-state index in [-0.39, 0.29) is 17.9 Å². The number of ether oxygens (including phenoxy) is 1. The molecule has 1 aromatic rings. The molecule has 6 heteroatoms. The van der Waals surface area contributed by atoms with Gasteiger partial charge in [-0.25, -0.2) is 0 Å². The average Bonchev–Trinajstić information content (AvgIpc) is 2.62. The Labute approximate surface area is 149 Å². The monoisotopic (exact) mass is 347 g/mol. The molecule has 0 radical (unpaired) electrons. The predicted octanol–water partition coefficient (Wildman–Crippen LogP) is 1.61. The lowest BCUT2D eigenvalue weighted by Gasteiger charge is -2.37. The van der Waals surface area contributed by atoms with Gasteiger partial charge in [-0.05, 0) is 45.2 Å². The highest BCUT2D eigenvalue weighted by molar-refractivity contribution is 5.81. The maximum atomic E-state index is 12.8. The fourth-order valence-corrected chi connectivity index (χ4v) is 3.06. The highest BCUT2D eigenvalue weighted by atomic mass is 16.5. The maximum absolute atomic E-state index is 12.8. The van der Waals surface area contributed by atoms with Gasteiger partial charge in [0, 0.05) is 32.1 Å². The molecule has 25 heavy (non-hydrogen) atoms. The van der Waals surface area contributed by atoms with E-state index < -0.39 is 6.10 Å². The van der Waals surface area contributed by atoms with E-state index in [4.69, 9.17) is 10.5 Å². The van der Waals surface area contributed by atoms with Crippen LogP contribution in [0.25, 0.3) is 0 Å². The summed E-state index contributed by atoms with van der Waals surface area (Å²) in [5.74, 6) is 0.596. The molecule has 1 aliphatic rings. The van der Waals surface area contributed by atoms with Crippen LogP contribution in [0.5, 0.6) is 5.75 Å². The number of aryl methyl sites for hydroxylation is 1. The second-order valence-corrected chi connectivity index (χ2v) is 6.60. The van der Waals surface area contributed by atoms with Gasteiger partial charge in [0.15, 0.2) is 6.10 Å². The van der Waals surface area contributed by atoms with E-state index >= 15 is 0 Å². The van der Waals surface area contributed by atoms with Gasteiger partial charge in [-0.3, -0.25) is 9.59 Å². The molecule has 0 aromatic heterocycles. The fraction of sp³-hybridized carbons (Fsp3) is 0.579. The van der Waals surface area contributed by atoms with Gasteiger partial charge in [0.05, 0.1) is 0 Å². The number of nitrogens with one attached hydrogen (secondary N) is 1. The fourth-order valence-electron chi connectivity index (χ4n) is 3.06. The standard InChI is InChI=1S/C19H29N3O3/c1-14-6-8-17(9-7-14)25-15(2)19(24)22-12-4-3-5-16(22)13-21-18(23)10-11-20/h6-9,15-16H,3-5,10-13,20H2,1-2H3,(H,21,23). The molecule has 1 aromatic carbocycles. The van der Waals surface area contributed by atoms with Gasteiger partial charge in [0.1, 0.15) is 5.75 Å². The minimum Gasteiger partial charge on any atom is -0.481 e. The number of likely N-dealkylation sites (tertiary alicyclic amines) is 1. The van der Waals surface area contributed by atoms with Gasteiger partial charge in [-0.1, -0.05) is 17.7 Å². The van der Waals surface area contributed by atoms with Gasteiger partial charge in [-0.2, -0.15) is 0 Å². The van der Waals surface area contributed by atoms with E-state index in [1.54, 1.807) is 6.92 Å². The molecule has 2 amide bonds. The Morgan fingerprint density at radius 3 is 2.72 bits per heavy atom. The average molecular weight is 347 g/mol. The Bertz CT molecular complexity index is 574. The number of piperidine rings is 1. The molecule has 2 rings (SSSR count). The Morgan fingerprint density at radius 1 is 1.32 bits per heavy atom. The summed E-state index contributed by atoms with van der Waals surface area (Å²) < 4.78 is 5.80. The summed E-state index contributed by atoms with van der Waals surface area (Å²) in [6.45, 7) is 5.30. The molecule has 6 nitrogen and oxygen atoms in total. The number of nitrogens with zero attached hydrogens (tertiary/aromatic N) is 1. The molecule has 138 valence electrons. The van der Waals surface area contributed by atoms with Crippen LogP contribution in [-0.4, -0.2) is 48.5 Å². The molecule has 1 fully saturated rings. The summed E-state index contributed by atoms with van der Waals surface area (Å²) in [7, 11) is 0. The third-order valence-corrected chi connectivity index (χ3v) is 4.50. The maximum Gasteiger partial charge on any atom is 0.263 e. The van der Waals surface area contributed by atoms with E-state index in [0.29, 0.717) is 31.8 Å². The van der Waals surface area contributed by atoms with Crippen molar-refractivity contribution in [3.63, 3.8) is 0 Å². The third-order valence-electron chi connectivity index (χ3n) is 4.50. The molecule has 1 aliphatic heterocycles. The van der Waals surface area contributed by atoms with Crippen molar-refractivity contribution >= 4 is 11.8 Å². The molecule has 0 spiro atoms. The smallest absolute Gasteiger partial charge is 0.263 e. The second kappa shape index (κ2) is 9.42. The summed E-state index contributed by atoms with van der Waals surface area (Å²) >= 11 is 0. The second-order valence-electron chi connectivity index (χ2n) is 6.60. The minimum absolute atomic E-state index is 0.0204. The lowest BCUT2D eigenvalue weighted by Crippen LogP contribution is -2.52. The van der Waals surface area contributed by atoms with Crippen LogP contribution in [0.15, 0.2) is 24.3 Å². The molecule has 0 bridgehead atoms. The van der Waals surface area contributed by atoms with Crippen molar-refractivity contribution in [3.8, 4) is 5.75 Å². The van der Waals surface area contributed by atoms with E-state index in [0.717, 1.165) is 24.8 Å². The van der Waals surface area contributed by atoms with Crippen LogP contribution in [0.2, 0.25) is 0 Å². The number of nitrogens with two attached hydrogens (primary N) is 1. The first-order valence-electron chi connectivity index (χ1n) is 9.02. The lowest BCUT2D eigenvalue weighted by atomic mass is 10.0. The third kappa shape index (κ3) is 5.74. The normalized spacial score (nSPS) is 18.5. The molecular formula is C19H29N3O3. The summed E-state index contributed by atoms with van der Waals surface area (Å²) in [4.78, 5) is 26.3. The Balaban J connectivity index is 1.93. The van der Waals surface area contributed by atoms with Crippen molar-refractivity contribution in [2.75, 3.05) is 19.6 Å². The van der Waals surface area contributed by atoms with Crippen LogP contribution in [-0.2, 0) is 9.59 Å². The number of hydrogen-bond acceptors (Lipinski definition) is 4. The summed E-state index contributed by atoms with van der Waals surface area (Å²) in [6.07, 6.45) is 2.70. The quantitative estimate of drug-likeness (QED) is 0.785. The van der Waals surface area contributed by atoms with Gasteiger partial charge in [0.2, 0.25) is 5.91 Å². The Kier molecular flexibility index (Phi) is 7.25. The van der Waals surface area contributed by atoms with Crippen molar-refractivity contribution in [1.82, 2.24) is 10.2 Å². The van der Waals surface area contributed by atoms with Crippen LogP contribution in [0, 0.1) is 6.92 Å². The number of benzene rings is 1. The van der Waals surface area contributed by atoms with Gasteiger partial charge in [0.25, 0.3) is 5.91 Å².